The van der Waals surface area contributed by atoms with E-state index >= 15 is 0 Å². The molecule has 25 heavy (non-hydrogen) atoms. The molecule has 0 saturated carbocycles. The van der Waals surface area contributed by atoms with Gasteiger partial charge < -0.3 is 14.4 Å². The lowest BCUT2D eigenvalue weighted by Gasteiger charge is -2.14. The van der Waals surface area contributed by atoms with Gasteiger partial charge in [0.05, 0.1) is 7.05 Å². The molecule has 1 unspecified atom stereocenters. The molecule has 1 atom stereocenters. The summed E-state index contributed by atoms with van der Waals surface area (Å²) in [5.41, 5.74) is 3.64. The van der Waals surface area contributed by atoms with Gasteiger partial charge in [0.25, 0.3) is 5.56 Å². The molecule has 0 spiro atoms. The Labute approximate surface area is 145 Å². The van der Waals surface area contributed by atoms with E-state index in [0.717, 1.165) is 34.9 Å². The van der Waals surface area contributed by atoms with E-state index in [4.69, 9.17) is 9.47 Å². The van der Waals surface area contributed by atoms with Crippen LogP contribution in [0.1, 0.15) is 16.8 Å². The number of nitrogens with one attached hydrogen (secondary N) is 1. The minimum absolute atomic E-state index is 0.0421. The molecule has 2 aromatic heterocycles. The van der Waals surface area contributed by atoms with Crippen molar-refractivity contribution in [2.24, 2.45) is 0 Å². The van der Waals surface area contributed by atoms with Crippen molar-refractivity contribution in [2.45, 2.75) is 20.0 Å². The summed E-state index contributed by atoms with van der Waals surface area (Å²) in [5, 5.41) is 0. The van der Waals surface area contributed by atoms with Crippen molar-refractivity contribution in [3.8, 4) is 11.5 Å². The van der Waals surface area contributed by atoms with Crippen LogP contribution in [0.3, 0.4) is 0 Å². The minimum atomic E-state index is -0.0421. The van der Waals surface area contributed by atoms with Crippen LogP contribution in [0.4, 0.5) is 0 Å². The zero-order chi connectivity index (χ0) is 17.4. The van der Waals surface area contributed by atoms with Gasteiger partial charge in [-0.1, -0.05) is 6.07 Å². The van der Waals surface area contributed by atoms with Crippen LogP contribution in [0.15, 0.2) is 47.4 Å². The Morgan fingerprint density at radius 2 is 1.96 bits per heavy atom. The van der Waals surface area contributed by atoms with Crippen LogP contribution in [-0.2, 0) is 13.1 Å². The number of aromatic nitrogens is 2. The average molecular weight is 338 g/mol. The standard InChI is InChI=1S/C19H19N3O3/c1-13-3-6-18-20-15(8-19(23)22(18)9-13)11-21(2)10-14-4-5-16-17(7-14)25-12-24-16/h3-9H,10-12H2,1-2H3/p+1. The summed E-state index contributed by atoms with van der Waals surface area (Å²) in [6.07, 6.45) is 1.82. The first-order chi connectivity index (χ1) is 12.1. The summed E-state index contributed by atoms with van der Waals surface area (Å²) in [5.74, 6) is 1.59. The van der Waals surface area contributed by atoms with Gasteiger partial charge in [0, 0.05) is 17.8 Å². The molecule has 0 aliphatic carbocycles. The zero-order valence-corrected chi connectivity index (χ0v) is 14.3. The molecular formula is C19H20N3O3+. The third kappa shape index (κ3) is 3.21. The number of pyridine rings is 1. The number of rotatable bonds is 4. The van der Waals surface area contributed by atoms with Crippen molar-refractivity contribution in [2.75, 3.05) is 13.8 Å². The van der Waals surface area contributed by atoms with Crippen molar-refractivity contribution >= 4 is 5.65 Å². The van der Waals surface area contributed by atoms with Crippen LogP contribution in [0, 0.1) is 6.92 Å². The zero-order valence-electron chi connectivity index (χ0n) is 14.3. The smallest absolute Gasteiger partial charge is 0.258 e. The summed E-state index contributed by atoms with van der Waals surface area (Å²) >= 11 is 0. The quantitative estimate of drug-likeness (QED) is 0.769. The highest BCUT2D eigenvalue weighted by molar-refractivity contribution is 5.44. The number of aryl methyl sites for hydroxylation is 1. The fourth-order valence-corrected chi connectivity index (χ4v) is 3.12. The highest BCUT2D eigenvalue weighted by Crippen LogP contribution is 2.32. The number of fused-ring (bicyclic) bond motifs is 2. The van der Waals surface area contributed by atoms with Crippen LogP contribution in [-0.4, -0.2) is 23.2 Å². The van der Waals surface area contributed by atoms with Crippen molar-refractivity contribution in [3.05, 3.63) is 69.8 Å². The predicted octanol–water partition coefficient (Wildman–Crippen LogP) is 0.947. The van der Waals surface area contributed by atoms with Crippen molar-refractivity contribution in [1.29, 1.82) is 0 Å². The van der Waals surface area contributed by atoms with Gasteiger partial charge in [-0.25, -0.2) is 4.98 Å². The third-order valence-electron chi connectivity index (χ3n) is 4.29. The highest BCUT2D eigenvalue weighted by atomic mass is 16.7. The third-order valence-corrected chi connectivity index (χ3v) is 4.29. The Kier molecular flexibility index (Phi) is 3.89. The molecular weight excluding hydrogens is 318 g/mol. The first-order valence-electron chi connectivity index (χ1n) is 8.27. The largest absolute Gasteiger partial charge is 0.454 e. The van der Waals surface area contributed by atoms with Gasteiger partial charge in [-0.05, 0) is 36.8 Å². The molecule has 0 radical (unpaired) electrons. The summed E-state index contributed by atoms with van der Waals surface area (Å²) in [6, 6.07) is 11.5. The van der Waals surface area contributed by atoms with E-state index < -0.39 is 0 Å². The van der Waals surface area contributed by atoms with Gasteiger partial charge in [0.2, 0.25) is 6.79 Å². The summed E-state index contributed by atoms with van der Waals surface area (Å²) in [7, 11) is 2.09. The number of hydrogen-bond donors (Lipinski definition) is 1. The van der Waals surface area contributed by atoms with E-state index in [1.165, 1.54) is 4.90 Å². The Morgan fingerprint density at radius 1 is 1.12 bits per heavy atom. The molecule has 6 heteroatoms. The van der Waals surface area contributed by atoms with Gasteiger partial charge in [0.1, 0.15) is 24.4 Å². The van der Waals surface area contributed by atoms with Crippen LogP contribution in [0.25, 0.3) is 5.65 Å². The molecule has 1 aliphatic rings. The molecule has 0 saturated heterocycles. The molecule has 1 aromatic carbocycles. The number of quaternary nitrogens is 1. The van der Waals surface area contributed by atoms with Gasteiger partial charge >= 0.3 is 0 Å². The maximum absolute atomic E-state index is 12.3. The van der Waals surface area contributed by atoms with E-state index in [1.54, 1.807) is 10.5 Å². The lowest BCUT2D eigenvalue weighted by molar-refractivity contribution is -0.908. The Hall–Kier alpha value is -2.86. The highest BCUT2D eigenvalue weighted by Gasteiger charge is 2.15. The van der Waals surface area contributed by atoms with Gasteiger partial charge in [-0.2, -0.15) is 0 Å². The van der Waals surface area contributed by atoms with Gasteiger partial charge in [-0.3, -0.25) is 9.20 Å². The number of hydrogen-bond acceptors (Lipinski definition) is 4. The Balaban J connectivity index is 1.52. The molecule has 0 amide bonds. The van der Waals surface area contributed by atoms with Crippen LogP contribution in [0.5, 0.6) is 11.5 Å². The van der Waals surface area contributed by atoms with E-state index in [-0.39, 0.29) is 12.4 Å². The Bertz CT molecular complexity index is 997. The summed E-state index contributed by atoms with van der Waals surface area (Å²) < 4.78 is 12.4. The maximum atomic E-state index is 12.3. The molecule has 3 aromatic rings. The molecule has 3 heterocycles. The second-order valence-corrected chi connectivity index (χ2v) is 6.52. The first-order valence-corrected chi connectivity index (χ1v) is 8.27. The SMILES string of the molecule is Cc1ccc2nc(C[NH+](C)Cc3ccc4c(c3)OCO4)cc(=O)n2c1. The molecule has 1 aliphatic heterocycles. The minimum Gasteiger partial charge on any atom is -0.454 e. The fraction of sp³-hybridized carbons (Fsp3) is 0.263. The summed E-state index contributed by atoms with van der Waals surface area (Å²) in [6.45, 7) is 3.73. The van der Waals surface area contributed by atoms with Crippen LogP contribution < -0.4 is 19.9 Å². The molecule has 128 valence electrons. The van der Waals surface area contributed by atoms with Crippen molar-refractivity contribution < 1.29 is 14.4 Å². The van der Waals surface area contributed by atoms with Gasteiger partial charge in [0.15, 0.2) is 11.5 Å². The molecule has 6 nitrogen and oxygen atoms in total. The van der Waals surface area contributed by atoms with Crippen molar-refractivity contribution in [1.82, 2.24) is 9.38 Å². The lowest BCUT2D eigenvalue weighted by Crippen LogP contribution is -3.06. The van der Waals surface area contributed by atoms with Crippen LogP contribution >= 0.6 is 0 Å². The number of benzene rings is 1. The van der Waals surface area contributed by atoms with Crippen molar-refractivity contribution in [3.63, 3.8) is 0 Å². The first kappa shape index (κ1) is 15.7. The fourth-order valence-electron chi connectivity index (χ4n) is 3.12. The monoisotopic (exact) mass is 338 g/mol. The topological polar surface area (TPSA) is 57.3 Å². The molecule has 0 bridgehead atoms. The Morgan fingerprint density at radius 3 is 2.84 bits per heavy atom. The molecule has 4 rings (SSSR count). The van der Waals surface area contributed by atoms with E-state index in [9.17, 15) is 4.79 Å². The van der Waals surface area contributed by atoms with E-state index in [1.807, 2.05) is 43.5 Å². The second-order valence-electron chi connectivity index (χ2n) is 6.52. The van der Waals surface area contributed by atoms with Crippen LogP contribution in [0.2, 0.25) is 0 Å². The number of nitrogens with zero attached hydrogens (tertiary/aromatic N) is 2. The second kappa shape index (κ2) is 6.22. The predicted molar refractivity (Wildman–Crippen MR) is 93.1 cm³/mol. The number of ether oxygens (including phenoxy) is 2. The van der Waals surface area contributed by atoms with E-state index in [2.05, 4.69) is 12.0 Å². The summed E-state index contributed by atoms with van der Waals surface area (Å²) in [4.78, 5) is 18.2. The normalized spacial score (nSPS) is 14.0. The van der Waals surface area contributed by atoms with E-state index in [0.29, 0.717) is 12.2 Å². The molecule has 1 N–H and O–H groups in total. The molecule has 0 fully saturated rings. The average Bonchev–Trinajstić information content (AvgIpc) is 3.03. The van der Waals surface area contributed by atoms with Gasteiger partial charge in [-0.15, -0.1) is 0 Å². The lowest BCUT2D eigenvalue weighted by atomic mass is 10.2. The maximum Gasteiger partial charge on any atom is 0.258 e.